The molecule has 35 heavy (non-hydrogen) atoms. The van der Waals surface area contributed by atoms with Crippen LogP contribution in [0.4, 0.5) is 4.39 Å². The van der Waals surface area contributed by atoms with E-state index < -0.39 is 6.17 Å². The lowest BCUT2D eigenvalue weighted by Crippen LogP contribution is -2.39. The summed E-state index contributed by atoms with van der Waals surface area (Å²) in [5.74, 6) is 1.04. The number of nitrogens with one attached hydrogen (secondary N) is 1. The maximum atomic E-state index is 13.9. The number of aromatic amines is 1. The number of H-pyrrole nitrogens is 1. The predicted octanol–water partition coefficient (Wildman–Crippen LogP) is 3.31. The molecule has 1 fully saturated rings. The largest absolute Gasteiger partial charge is 0.485 e. The summed E-state index contributed by atoms with van der Waals surface area (Å²) in [4.78, 5) is 17.3. The number of benzene rings is 2. The van der Waals surface area contributed by atoms with Gasteiger partial charge in [-0.2, -0.15) is 5.21 Å². The zero-order valence-corrected chi connectivity index (χ0v) is 19.4. The van der Waals surface area contributed by atoms with Crippen LogP contribution in [0.1, 0.15) is 29.4 Å². The topological polar surface area (TPSA) is 100 Å². The van der Waals surface area contributed by atoms with Gasteiger partial charge in [0.25, 0.3) is 0 Å². The van der Waals surface area contributed by atoms with Gasteiger partial charge < -0.3 is 14.1 Å². The van der Waals surface area contributed by atoms with E-state index in [0.29, 0.717) is 37.6 Å². The predicted molar refractivity (Wildman–Crippen MR) is 126 cm³/mol. The summed E-state index contributed by atoms with van der Waals surface area (Å²) in [7, 11) is 1.80. The van der Waals surface area contributed by atoms with Gasteiger partial charge in [0.2, 0.25) is 11.7 Å². The van der Waals surface area contributed by atoms with Crippen LogP contribution in [0.5, 0.6) is 5.75 Å². The number of likely N-dealkylation sites (tertiary alicyclic amines) is 1. The molecule has 1 amide bonds. The van der Waals surface area contributed by atoms with Gasteiger partial charge in [0.1, 0.15) is 11.9 Å². The van der Waals surface area contributed by atoms with E-state index in [0.717, 1.165) is 21.9 Å². The molecule has 1 N–H and O–H groups in total. The zero-order valence-electron chi connectivity index (χ0n) is 19.4. The lowest BCUT2D eigenvalue weighted by atomic mass is 10.0. The molecule has 182 valence electrons. The van der Waals surface area contributed by atoms with Gasteiger partial charge in [-0.05, 0) is 29.7 Å². The number of tetrazole rings is 1. The molecule has 0 aliphatic carbocycles. The lowest BCUT2D eigenvalue weighted by Gasteiger charge is -2.32. The molecule has 0 spiro atoms. The average Bonchev–Trinajstić information content (AvgIpc) is 3.63. The highest BCUT2D eigenvalue weighted by molar-refractivity contribution is 5.89. The number of fused-ring (bicyclic) bond motifs is 1. The van der Waals surface area contributed by atoms with E-state index in [-0.39, 0.29) is 25.0 Å². The van der Waals surface area contributed by atoms with Gasteiger partial charge in [-0.3, -0.25) is 9.69 Å². The van der Waals surface area contributed by atoms with Crippen molar-refractivity contribution in [2.45, 2.75) is 31.7 Å². The van der Waals surface area contributed by atoms with E-state index in [1.54, 1.807) is 24.5 Å². The molecule has 0 saturated carbocycles. The molecule has 10 heteroatoms. The summed E-state index contributed by atoms with van der Waals surface area (Å²) in [6, 6.07) is 13.2. The second-order valence-corrected chi connectivity index (χ2v) is 8.82. The molecule has 4 aromatic rings. The standard InChI is InChI=1S/C25H27FN6O3/c1-31(25(33)11-17-4-2-6-19-14-34-15-22(17)19)23(13-32-9-8-20(26)12-32)18-5-3-7-21(10-18)35-16-24-27-29-30-28-24/h2-7,10,14-15,20,23H,8-9,11-13,16H2,1H3,(H,27,28,29,30). The first kappa shape index (κ1) is 23.0. The van der Waals surface area contributed by atoms with E-state index in [1.165, 1.54) is 0 Å². The Balaban J connectivity index is 1.36. The molecule has 2 aromatic heterocycles. The fourth-order valence-corrected chi connectivity index (χ4v) is 4.52. The summed E-state index contributed by atoms with van der Waals surface area (Å²) in [6.45, 7) is 1.75. The number of nitrogens with zero attached hydrogens (tertiary/aromatic N) is 5. The van der Waals surface area contributed by atoms with Gasteiger partial charge >= 0.3 is 0 Å². The van der Waals surface area contributed by atoms with Crippen LogP contribution >= 0.6 is 0 Å². The Bertz CT molecular complexity index is 1280. The Kier molecular flexibility index (Phi) is 6.71. The van der Waals surface area contributed by atoms with E-state index in [9.17, 15) is 9.18 Å². The number of aromatic nitrogens is 4. The number of furan rings is 1. The molecule has 1 aliphatic heterocycles. The van der Waals surface area contributed by atoms with E-state index in [2.05, 4.69) is 25.5 Å². The Morgan fingerprint density at radius 2 is 2.20 bits per heavy atom. The van der Waals surface area contributed by atoms with Gasteiger partial charge in [-0.25, -0.2) is 4.39 Å². The first-order chi connectivity index (χ1) is 17.1. The van der Waals surface area contributed by atoms with Crippen LogP contribution in [-0.4, -0.2) is 69.2 Å². The molecule has 2 atom stereocenters. The molecule has 1 aliphatic rings. The van der Waals surface area contributed by atoms with Crippen LogP contribution in [-0.2, 0) is 17.8 Å². The SMILES string of the molecule is CN(C(=O)Cc1cccc2cocc12)C(CN1CCC(F)C1)c1cccc(OCc2nn[nH]n2)c1. The normalized spacial score (nSPS) is 17.0. The molecule has 2 unspecified atom stereocenters. The fraction of sp³-hybridized carbons (Fsp3) is 0.360. The van der Waals surface area contributed by atoms with Crippen LogP contribution in [0.3, 0.4) is 0 Å². The Labute approximate surface area is 201 Å². The Morgan fingerprint density at radius 1 is 1.31 bits per heavy atom. The molecule has 2 aromatic carbocycles. The van der Waals surface area contributed by atoms with Crippen molar-refractivity contribution in [2.24, 2.45) is 0 Å². The van der Waals surface area contributed by atoms with Crippen molar-refractivity contribution in [3.8, 4) is 5.75 Å². The van der Waals surface area contributed by atoms with Crippen molar-refractivity contribution in [1.29, 1.82) is 0 Å². The van der Waals surface area contributed by atoms with Gasteiger partial charge in [-0.15, -0.1) is 10.2 Å². The highest BCUT2D eigenvalue weighted by atomic mass is 19.1. The number of amides is 1. The molecule has 0 radical (unpaired) electrons. The minimum absolute atomic E-state index is 0.0298. The zero-order chi connectivity index (χ0) is 24.2. The van der Waals surface area contributed by atoms with Gasteiger partial charge in [0.05, 0.1) is 25.0 Å². The fourth-order valence-electron chi connectivity index (χ4n) is 4.52. The number of carbonyl (C=O) groups excluding carboxylic acids is 1. The van der Waals surface area contributed by atoms with Gasteiger partial charge in [-0.1, -0.05) is 35.5 Å². The third-order valence-electron chi connectivity index (χ3n) is 6.46. The van der Waals surface area contributed by atoms with Crippen LogP contribution in [0.2, 0.25) is 0 Å². The highest BCUT2D eigenvalue weighted by Crippen LogP contribution is 2.28. The molecule has 1 saturated heterocycles. The minimum atomic E-state index is -0.833. The Morgan fingerprint density at radius 3 is 3.00 bits per heavy atom. The summed E-state index contributed by atoms with van der Waals surface area (Å²) in [5.41, 5.74) is 1.82. The quantitative estimate of drug-likeness (QED) is 0.394. The molecule has 9 nitrogen and oxygen atoms in total. The Hall–Kier alpha value is -3.79. The highest BCUT2D eigenvalue weighted by Gasteiger charge is 2.29. The molecule has 3 heterocycles. The second kappa shape index (κ2) is 10.2. The summed E-state index contributed by atoms with van der Waals surface area (Å²) >= 11 is 0. The minimum Gasteiger partial charge on any atom is -0.485 e. The van der Waals surface area contributed by atoms with Crippen LogP contribution in [0.15, 0.2) is 59.4 Å². The molecule has 0 bridgehead atoms. The van der Waals surface area contributed by atoms with Crippen molar-refractivity contribution in [3.05, 3.63) is 71.9 Å². The molecular weight excluding hydrogens is 451 g/mol. The molecule has 5 rings (SSSR count). The maximum Gasteiger partial charge on any atom is 0.227 e. The molecular formula is C25H27FN6O3. The van der Waals surface area contributed by atoms with Crippen LogP contribution in [0.25, 0.3) is 10.8 Å². The number of halogens is 1. The van der Waals surface area contributed by atoms with Crippen LogP contribution in [0, 0.1) is 0 Å². The van der Waals surface area contributed by atoms with Crippen molar-refractivity contribution in [2.75, 3.05) is 26.7 Å². The number of ether oxygens (including phenoxy) is 1. The van der Waals surface area contributed by atoms with Crippen molar-refractivity contribution in [3.63, 3.8) is 0 Å². The van der Waals surface area contributed by atoms with Crippen molar-refractivity contribution >= 4 is 16.7 Å². The van der Waals surface area contributed by atoms with Crippen molar-refractivity contribution in [1.82, 2.24) is 30.4 Å². The monoisotopic (exact) mass is 478 g/mol. The number of carbonyl (C=O) groups is 1. The number of hydrogen-bond acceptors (Lipinski definition) is 7. The first-order valence-corrected chi connectivity index (χ1v) is 11.6. The maximum absolute atomic E-state index is 13.9. The summed E-state index contributed by atoms with van der Waals surface area (Å²) in [6.07, 6.45) is 3.27. The van der Waals surface area contributed by atoms with E-state index in [4.69, 9.17) is 9.15 Å². The second-order valence-electron chi connectivity index (χ2n) is 8.82. The lowest BCUT2D eigenvalue weighted by molar-refractivity contribution is -0.131. The smallest absolute Gasteiger partial charge is 0.227 e. The summed E-state index contributed by atoms with van der Waals surface area (Å²) < 4.78 is 25.1. The third-order valence-corrected chi connectivity index (χ3v) is 6.46. The van der Waals surface area contributed by atoms with E-state index >= 15 is 0 Å². The number of likely N-dealkylation sites (N-methyl/N-ethyl adjacent to an activating group) is 1. The third kappa shape index (κ3) is 5.32. The van der Waals surface area contributed by atoms with Gasteiger partial charge in [0.15, 0.2) is 6.61 Å². The average molecular weight is 479 g/mol. The van der Waals surface area contributed by atoms with Gasteiger partial charge in [0, 0.05) is 37.5 Å². The van der Waals surface area contributed by atoms with Crippen molar-refractivity contribution < 1.29 is 18.3 Å². The number of alkyl halides is 1. The first-order valence-electron chi connectivity index (χ1n) is 11.6. The number of rotatable bonds is 9. The number of hydrogen-bond donors (Lipinski definition) is 1. The van der Waals surface area contributed by atoms with E-state index in [1.807, 2.05) is 42.5 Å². The summed E-state index contributed by atoms with van der Waals surface area (Å²) in [5, 5.41) is 15.6. The van der Waals surface area contributed by atoms with Crippen LogP contribution < -0.4 is 4.74 Å².